The van der Waals surface area contributed by atoms with Crippen LogP contribution in [0.5, 0.6) is 5.06 Å². The van der Waals surface area contributed by atoms with Crippen molar-refractivity contribution in [3.63, 3.8) is 0 Å². The Morgan fingerprint density at radius 3 is 2.81 bits per heavy atom. The molecule has 1 aromatic carbocycles. The van der Waals surface area contributed by atoms with Crippen LogP contribution in [-0.4, -0.2) is 70.4 Å². The van der Waals surface area contributed by atoms with Gasteiger partial charge in [-0.15, -0.1) is 0 Å². The van der Waals surface area contributed by atoms with E-state index >= 15 is 0 Å². The number of nitrogens with two attached hydrogens (primary N) is 1. The summed E-state index contributed by atoms with van der Waals surface area (Å²) in [5.74, 6) is -0.452. The molecule has 4 rings (SSSR count). The number of fused-ring (bicyclic) bond motifs is 1. The molecule has 0 saturated carbocycles. The molecular weight excluding hydrogens is 506 g/mol. The molecule has 1 aliphatic heterocycles. The molecule has 3 heterocycles. The molecule has 10 nitrogen and oxygen atoms in total. The lowest BCUT2D eigenvalue weighted by atomic mass is 10.1. The first-order valence-corrected chi connectivity index (χ1v) is 12.5. The van der Waals surface area contributed by atoms with E-state index in [1.165, 1.54) is 13.4 Å². The SMILES string of the molecule is CCC1C(=O)N(Cc2ccc3c(N)ncnc3c2)CCN1C(=O)COc1sc(Cl)cc1CC(=O)OC. The number of nitrogen functional groups attached to an aromatic ring is 1. The van der Waals surface area contributed by atoms with Crippen molar-refractivity contribution in [2.75, 3.05) is 32.5 Å². The number of halogens is 1. The van der Waals surface area contributed by atoms with Crippen molar-refractivity contribution < 1.29 is 23.9 Å². The summed E-state index contributed by atoms with van der Waals surface area (Å²) in [4.78, 5) is 49.5. The smallest absolute Gasteiger partial charge is 0.310 e. The van der Waals surface area contributed by atoms with Crippen LogP contribution < -0.4 is 10.5 Å². The lowest BCUT2D eigenvalue weighted by Gasteiger charge is -2.40. The van der Waals surface area contributed by atoms with Crippen LogP contribution in [-0.2, 0) is 32.1 Å². The highest BCUT2D eigenvalue weighted by molar-refractivity contribution is 7.18. The van der Waals surface area contributed by atoms with E-state index in [4.69, 9.17) is 26.8 Å². The zero-order valence-electron chi connectivity index (χ0n) is 19.9. The number of nitrogens with zero attached hydrogens (tertiary/aromatic N) is 4. The fourth-order valence-electron chi connectivity index (χ4n) is 4.19. The predicted molar refractivity (Wildman–Crippen MR) is 136 cm³/mol. The predicted octanol–water partition coefficient (Wildman–Crippen LogP) is 2.67. The summed E-state index contributed by atoms with van der Waals surface area (Å²) < 4.78 is 10.8. The Kier molecular flexibility index (Phi) is 7.90. The van der Waals surface area contributed by atoms with Gasteiger partial charge in [0.2, 0.25) is 5.91 Å². The third kappa shape index (κ3) is 5.52. The van der Waals surface area contributed by atoms with Crippen LogP contribution in [0.1, 0.15) is 24.5 Å². The van der Waals surface area contributed by atoms with E-state index in [1.807, 2.05) is 25.1 Å². The number of carbonyl (C=O) groups excluding carboxylic acids is 3. The minimum Gasteiger partial charge on any atom is -0.474 e. The van der Waals surface area contributed by atoms with Gasteiger partial charge in [0.05, 0.1) is 23.4 Å². The first-order chi connectivity index (χ1) is 17.3. The average molecular weight is 532 g/mol. The standard InChI is InChI=1S/C24H26ClN5O5S/c1-3-18-23(33)29(11-14-4-5-16-17(8-14)27-13-28-22(16)26)6-7-30(18)20(31)12-35-24-15(9-19(25)36-24)10-21(32)34-2/h4-5,8-9,13,18H,3,6-7,10-12H2,1-2H3,(H2,26,27,28). The summed E-state index contributed by atoms with van der Waals surface area (Å²) in [6, 6.07) is 6.68. The molecule has 1 unspecified atom stereocenters. The summed E-state index contributed by atoms with van der Waals surface area (Å²) >= 11 is 7.21. The van der Waals surface area contributed by atoms with Gasteiger partial charge in [0.15, 0.2) is 11.7 Å². The second-order valence-corrected chi connectivity index (χ2v) is 9.93. The molecule has 2 aromatic heterocycles. The Balaban J connectivity index is 1.40. The molecule has 1 atom stereocenters. The highest BCUT2D eigenvalue weighted by Gasteiger charge is 2.36. The molecule has 1 aliphatic rings. The zero-order chi connectivity index (χ0) is 25.8. The molecule has 0 radical (unpaired) electrons. The number of esters is 1. The quantitative estimate of drug-likeness (QED) is 0.439. The minimum absolute atomic E-state index is 0.00855. The van der Waals surface area contributed by atoms with Crippen LogP contribution in [0, 0.1) is 0 Å². The Bertz CT molecular complexity index is 1300. The number of piperazine rings is 1. The van der Waals surface area contributed by atoms with E-state index in [0.29, 0.717) is 52.4 Å². The Hall–Kier alpha value is -3.44. The van der Waals surface area contributed by atoms with E-state index in [9.17, 15) is 14.4 Å². The second kappa shape index (κ2) is 11.1. The molecule has 0 spiro atoms. The minimum atomic E-state index is -0.588. The summed E-state index contributed by atoms with van der Waals surface area (Å²) in [6.45, 7) is 2.79. The monoisotopic (exact) mass is 531 g/mol. The maximum absolute atomic E-state index is 13.3. The van der Waals surface area contributed by atoms with Gasteiger partial charge in [-0.25, -0.2) is 9.97 Å². The first-order valence-electron chi connectivity index (χ1n) is 11.4. The Labute approximate surface area is 216 Å². The summed E-state index contributed by atoms with van der Waals surface area (Å²) in [5.41, 5.74) is 8.09. The molecule has 1 fully saturated rings. The summed E-state index contributed by atoms with van der Waals surface area (Å²) in [5, 5.41) is 1.15. The van der Waals surface area contributed by atoms with E-state index in [2.05, 4.69) is 9.97 Å². The summed E-state index contributed by atoms with van der Waals surface area (Å²) in [7, 11) is 1.30. The van der Waals surface area contributed by atoms with Gasteiger partial charge in [0.25, 0.3) is 5.91 Å². The van der Waals surface area contributed by atoms with Crippen LogP contribution in [0.4, 0.5) is 5.82 Å². The molecule has 36 heavy (non-hydrogen) atoms. The third-order valence-corrected chi connectivity index (χ3v) is 7.24. The van der Waals surface area contributed by atoms with Gasteiger partial charge in [-0.05, 0) is 30.2 Å². The number of aromatic nitrogens is 2. The topological polar surface area (TPSA) is 128 Å². The lowest BCUT2D eigenvalue weighted by Crippen LogP contribution is -2.59. The highest BCUT2D eigenvalue weighted by atomic mass is 35.5. The van der Waals surface area contributed by atoms with Gasteiger partial charge in [0.1, 0.15) is 18.2 Å². The molecular formula is C24H26ClN5O5S. The van der Waals surface area contributed by atoms with E-state index < -0.39 is 12.0 Å². The van der Waals surface area contributed by atoms with Gasteiger partial charge in [0, 0.05) is 30.6 Å². The van der Waals surface area contributed by atoms with Crippen molar-refractivity contribution in [3.8, 4) is 5.06 Å². The van der Waals surface area contributed by atoms with Crippen molar-refractivity contribution in [1.82, 2.24) is 19.8 Å². The lowest BCUT2D eigenvalue weighted by molar-refractivity contribution is -0.153. The zero-order valence-corrected chi connectivity index (χ0v) is 21.5. The van der Waals surface area contributed by atoms with Crippen LogP contribution >= 0.6 is 22.9 Å². The van der Waals surface area contributed by atoms with Crippen molar-refractivity contribution in [3.05, 3.63) is 46.1 Å². The number of methoxy groups -OCH3 is 1. The van der Waals surface area contributed by atoms with Gasteiger partial charge >= 0.3 is 5.97 Å². The molecule has 1 saturated heterocycles. The number of anilines is 1. The highest BCUT2D eigenvalue weighted by Crippen LogP contribution is 2.34. The number of thiophene rings is 1. The van der Waals surface area contributed by atoms with Crippen LogP contribution in [0.3, 0.4) is 0 Å². The number of amides is 2. The summed E-state index contributed by atoms with van der Waals surface area (Å²) in [6.07, 6.45) is 1.88. The number of rotatable bonds is 8. The number of benzene rings is 1. The third-order valence-electron chi connectivity index (χ3n) is 6.03. The molecule has 2 N–H and O–H groups in total. The molecule has 0 bridgehead atoms. The molecule has 12 heteroatoms. The maximum Gasteiger partial charge on any atom is 0.310 e. The van der Waals surface area contributed by atoms with E-state index in [0.717, 1.165) is 22.3 Å². The van der Waals surface area contributed by atoms with Crippen LogP contribution in [0.15, 0.2) is 30.6 Å². The van der Waals surface area contributed by atoms with Crippen molar-refractivity contribution >= 4 is 57.4 Å². The van der Waals surface area contributed by atoms with Crippen molar-refractivity contribution in [1.29, 1.82) is 0 Å². The molecule has 3 aromatic rings. The van der Waals surface area contributed by atoms with Gasteiger partial charge in [-0.3, -0.25) is 14.4 Å². The average Bonchev–Trinajstić information content (AvgIpc) is 3.22. The van der Waals surface area contributed by atoms with Crippen molar-refractivity contribution in [2.24, 2.45) is 0 Å². The fraction of sp³-hybridized carbons (Fsp3) is 0.375. The van der Waals surface area contributed by atoms with Gasteiger partial charge in [-0.2, -0.15) is 0 Å². The number of carbonyl (C=O) groups is 3. The number of hydrogen-bond acceptors (Lipinski definition) is 9. The second-order valence-electron chi connectivity index (χ2n) is 8.29. The van der Waals surface area contributed by atoms with Gasteiger partial charge in [-0.1, -0.05) is 35.9 Å². The largest absolute Gasteiger partial charge is 0.474 e. The van der Waals surface area contributed by atoms with Gasteiger partial charge < -0.3 is 25.0 Å². The number of hydrogen-bond donors (Lipinski definition) is 1. The number of ether oxygens (including phenoxy) is 2. The van der Waals surface area contributed by atoms with Crippen LogP contribution in [0.25, 0.3) is 10.9 Å². The first kappa shape index (κ1) is 25.6. The molecule has 190 valence electrons. The van der Waals surface area contributed by atoms with E-state index in [1.54, 1.807) is 15.9 Å². The Morgan fingerprint density at radius 2 is 2.06 bits per heavy atom. The van der Waals surface area contributed by atoms with Crippen molar-refractivity contribution in [2.45, 2.75) is 32.4 Å². The molecule has 2 amide bonds. The normalized spacial score (nSPS) is 15.9. The Morgan fingerprint density at radius 1 is 1.25 bits per heavy atom. The van der Waals surface area contributed by atoms with E-state index in [-0.39, 0.29) is 24.8 Å². The molecule has 0 aliphatic carbocycles. The maximum atomic E-state index is 13.3. The van der Waals surface area contributed by atoms with Crippen LogP contribution in [0.2, 0.25) is 4.34 Å². The fourth-order valence-corrected chi connectivity index (χ4v) is 5.29.